The molecule has 1 aliphatic carbocycles. The zero-order valence-corrected chi connectivity index (χ0v) is 17.9. The van der Waals surface area contributed by atoms with E-state index in [1.165, 1.54) is 0 Å². The molecule has 0 amide bonds. The van der Waals surface area contributed by atoms with Gasteiger partial charge in [-0.15, -0.1) is 12.4 Å². The molecule has 0 N–H and O–H groups in total. The third-order valence-corrected chi connectivity index (χ3v) is 5.88. The van der Waals surface area contributed by atoms with Gasteiger partial charge in [0.05, 0.1) is 29.9 Å². The van der Waals surface area contributed by atoms with E-state index in [0.29, 0.717) is 12.5 Å². The number of hydrogen-bond donors (Lipinski definition) is 0. The maximum absolute atomic E-state index is 13.1. The second-order valence-electron chi connectivity index (χ2n) is 8.23. The summed E-state index contributed by atoms with van der Waals surface area (Å²) in [7, 11) is 0. The normalized spacial score (nSPS) is 22.4. The molecule has 0 radical (unpaired) electrons. The Balaban J connectivity index is 0.00000289. The van der Waals surface area contributed by atoms with E-state index < -0.39 is 23.5 Å². The third kappa shape index (κ3) is 5.77. The highest BCUT2D eigenvalue weighted by atomic mass is 35.5. The van der Waals surface area contributed by atoms with Gasteiger partial charge >= 0.3 is 12.4 Å². The fraction of sp³-hybridized carbons (Fsp3) is 0.478. The molecule has 1 heterocycles. The number of ether oxygens (including phenoxy) is 1. The number of benzene rings is 2. The van der Waals surface area contributed by atoms with E-state index >= 15 is 0 Å². The fourth-order valence-corrected chi connectivity index (χ4v) is 4.34. The molecular weight excluding hydrogens is 456 g/mol. The van der Waals surface area contributed by atoms with E-state index in [1.54, 1.807) is 0 Å². The van der Waals surface area contributed by atoms with Gasteiger partial charge in [0, 0.05) is 6.04 Å². The molecule has 1 saturated heterocycles. The number of alkyl halides is 6. The van der Waals surface area contributed by atoms with Crippen molar-refractivity contribution in [3.63, 3.8) is 0 Å². The van der Waals surface area contributed by atoms with Crippen LogP contribution in [0.3, 0.4) is 0 Å². The van der Waals surface area contributed by atoms with Gasteiger partial charge in [-0.25, -0.2) is 0 Å². The van der Waals surface area contributed by atoms with Crippen molar-refractivity contribution >= 4 is 12.4 Å². The van der Waals surface area contributed by atoms with Crippen LogP contribution < -0.4 is 0 Å². The summed E-state index contributed by atoms with van der Waals surface area (Å²) in [5.74, 6) is 0. The first-order valence-electron chi connectivity index (χ1n) is 10.3. The molecule has 2 aliphatic rings. The quantitative estimate of drug-likeness (QED) is 0.427. The molecule has 2 nitrogen and oxygen atoms in total. The van der Waals surface area contributed by atoms with Crippen LogP contribution in [0.2, 0.25) is 0 Å². The van der Waals surface area contributed by atoms with E-state index in [-0.39, 0.29) is 42.8 Å². The Kier molecular flexibility index (Phi) is 7.47. The lowest BCUT2D eigenvalue weighted by Crippen LogP contribution is -2.44. The molecular formula is C23H24ClF6NO. The number of nitrogens with zero attached hydrogens (tertiary/aromatic N) is 1. The summed E-state index contributed by atoms with van der Waals surface area (Å²) in [5, 5.41) is 0. The highest BCUT2D eigenvalue weighted by Gasteiger charge is 2.41. The van der Waals surface area contributed by atoms with Crippen LogP contribution in [0.1, 0.15) is 54.0 Å². The predicted octanol–water partition coefficient (Wildman–Crippen LogP) is 7.03. The molecule has 0 aromatic heterocycles. The first kappa shape index (κ1) is 24.9. The molecule has 1 aliphatic heterocycles. The molecule has 0 spiro atoms. The van der Waals surface area contributed by atoms with Gasteiger partial charge < -0.3 is 4.74 Å². The molecule has 176 valence electrons. The van der Waals surface area contributed by atoms with Crippen LogP contribution in [0.5, 0.6) is 0 Å². The van der Waals surface area contributed by atoms with Crippen LogP contribution in [0.15, 0.2) is 48.5 Å². The number of hydrogen-bond acceptors (Lipinski definition) is 2. The fourth-order valence-electron chi connectivity index (χ4n) is 4.34. The SMILES string of the molecule is Cl.FC(F)(F)c1cc(CO[C@H]2CCCN(C3CC3)[C@H]2c2ccccc2)cc(C(F)(F)F)c1. The average molecular weight is 480 g/mol. The number of halogens is 7. The Morgan fingerprint density at radius 1 is 0.844 bits per heavy atom. The van der Waals surface area contributed by atoms with Crippen molar-refractivity contribution in [1.29, 1.82) is 0 Å². The van der Waals surface area contributed by atoms with E-state index in [9.17, 15) is 26.3 Å². The summed E-state index contributed by atoms with van der Waals surface area (Å²) >= 11 is 0. The van der Waals surface area contributed by atoms with Gasteiger partial charge in [-0.1, -0.05) is 30.3 Å². The summed E-state index contributed by atoms with van der Waals surface area (Å²) in [6.45, 7) is 0.603. The van der Waals surface area contributed by atoms with Gasteiger partial charge in [-0.3, -0.25) is 4.90 Å². The Morgan fingerprint density at radius 2 is 1.44 bits per heavy atom. The summed E-state index contributed by atoms with van der Waals surface area (Å²) in [6, 6.07) is 11.8. The molecule has 0 bridgehead atoms. The smallest absolute Gasteiger partial charge is 0.372 e. The van der Waals surface area contributed by atoms with Gasteiger partial charge in [0.2, 0.25) is 0 Å². The monoisotopic (exact) mass is 479 g/mol. The second-order valence-corrected chi connectivity index (χ2v) is 8.23. The maximum Gasteiger partial charge on any atom is 0.416 e. The van der Waals surface area contributed by atoms with Gasteiger partial charge in [0.15, 0.2) is 0 Å². The predicted molar refractivity (Wildman–Crippen MR) is 110 cm³/mol. The summed E-state index contributed by atoms with van der Waals surface area (Å²) in [4.78, 5) is 2.37. The molecule has 2 atom stereocenters. The molecule has 4 rings (SSSR count). The van der Waals surface area contributed by atoms with Crippen molar-refractivity contribution < 1.29 is 31.1 Å². The Hall–Kier alpha value is -1.77. The van der Waals surface area contributed by atoms with Crippen molar-refractivity contribution in [2.75, 3.05) is 6.54 Å². The Labute approximate surface area is 189 Å². The lowest BCUT2D eigenvalue weighted by atomic mass is 9.92. The number of piperidine rings is 1. The van der Waals surface area contributed by atoms with E-state index in [4.69, 9.17) is 4.74 Å². The maximum atomic E-state index is 13.1. The van der Waals surface area contributed by atoms with Crippen molar-refractivity contribution in [1.82, 2.24) is 4.90 Å². The second kappa shape index (κ2) is 9.61. The highest BCUT2D eigenvalue weighted by molar-refractivity contribution is 5.85. The van der Waals surface area contributed by atoms with Crippen LogP contribution in [-0.2, 0) is 23.7 Å². The first-order chi connectivity index (χ1) is 14.6. The molecule has 1 saturated carbocycles. The third-order valence-electron chi connectivity index (χ3n) is 5.88. The first-order valence-corrected chi connectivity index (χ1v) is 10.3. The van der Waals surface area contributed by atoms with Crippen LogP contribution >= 0.6 is 12.4 Å². The van der Waals surface area contributed by atoms with Crippen molar-refractivity contribution in [3.05, 3.63) is 70.8 Å². The summed E-state index contributed by atoms with van der Waals surface area (Å²) in [5.41, 5.74) is -1.70. The molecule has 32 heavy (non-hydrogen) atoms. The van der Waals surface area contributed by atoms with Gasteiger partial charge in [0.25, 0.3) is 0 Å². The minimum atomic E-state index is -4.86. The van der Waals surface area contributed by atoms with Gasteiger partial charge in [-0.2, -0.15) is 26.3 Å². The number of rotatable bonds is 5. The molecule has 9 heteroatoms. The lowest BCUT2D eigenvalue weighted by Gasteiger charge is -2.41. The van der Waals surface area contributed by atoms with Crippen molar-refractivity contribution in [2.24, 2.45) is 0 Å². The van der Waals surface area contributed by atoms with Gasteiger partial charge in [-0.05, 0) is 61.6 Å². The zero-order chi connectivity index (χ0) is 22.2. The molecule has 0 unspecified atom stereocenters. The molecule has 2 aromatic carbocycles. The highest BCUT2D eigenvalue weighted by Crippen LogP contribution is 2.42. The van der Waals surface area contributed by atoms with Gasteiger partial charge in [0.1, 0.15) is 0 Å². The number of likely N-dealkylation sites (tertiary alicyclic amines) is 1. The standard InChI is InChI=1S/C23H23F6NO.ClH/c24-22(25,26)17-11-15(12-18(13-17)23(27,28)29)14-31-20-7-4-10-30(19-8-9-19)21(20)16-5-2-1-3-6-16;/h1-3,5-6,11-13,19-21H,4,7-10,14H2;1H/t20-,21-;/m0./s1. The largest absolute Gasteiger partial charge is 0.416 e. The summed E-state index contributed by atoms with van der Waals surface area (Å²) in [6.07, 6.45) is -6.26. The van der Waals surface area contributed by atoms with Crippen LogP contribution in [-0.4, -0.2) is 23.6 Å². The average Bonchev–Trinajstić information content (AvgIpc) is 3.56. The van der Waals surface area contributed by atoms with E-state index in [0.717, 1.165) is 43.5 Å². The lowest BCUT2D eigenvalue weighted by molar-refractivity contribution is -0.143. The topological polar surface area (TPSA) is 12.5 Å². The van der Waals surface area contributed by atoms with Crippen molar-refractivity contribution in [2.45, 2.75) is 62.8 Å². The van der Waals surface area contributed by atoms with Crippen molar-refractivity contribution in [3.8, 4) is 0 Å². The Bertz CT molecular complexity index is 865. The van der Waals surface area contributed by atoms with Crippen LogP contribution in [0.25, 0.3) is 0 Å². The summed E-state index contributed by atoms with van der Waals surface area (Å²) < 4.78 is 84.9. The minimum Gasteiger partial charge on any atom is -0.372 e. The van der Waals surface area contributed by atoms with Crippen LogP contribution in [0.4, 0.5) is 26.3 Å². The minimum absolute atomic E-state index is 0. The van der Waals surface area contributed by atoms with E-state index in [2.05, 4.69) is 4.90 Å². The Morgan fingerprint density at radius 3 is 1.97 bits per heavy atom. The molecule has 2 aromatic rings. The van der Waals surface area contributed by atoms with Crippen LogP contribution in [0, 0.1) is 0 Å². The molecule has 2 fully saturated rings. The van der Waals surface area contributed by atoms with E-state index in [1.807, 2.05) is 30.3 Å². The zero-order valence-electron chi connectivity index (χ0n) is 17.1.